The van der Waals surface area contributed by atoms with Gasteiger partial charge in [0.15, 0.2) is 5.69 Å². The Balaban J connectivity index is 2.52. The molecule has 0 saturated heterocycles. The molecule has 1 aromatic heterocycles. The van der Waals surface area contributed by atoms with E-state index >= 15 is 0 Å². The fourth-order valence-electron chi connectivity index (χ4n) is 1.39. The first-order valence-corrected chi connectivity index (χ1v) is 5.24. The van der Waals surface area contributed by atoms with E-state index in [1.54, 1.807) is 0 Å². The van der Waals surface area contributed by atoms with Crippen LogP contribution in [0.4, 0.5) is 17.1 Å². The Morgan fingerprint density at radius 1 is 1.26 bits per heavy atom. The van der Waals surface area contributed by atoms with Crippen molar-refractivity contribution in [2.75, 3.05) is 5.43 Å². The molecule has 0 spiro atoms. The first-order chi connectivity index (χ1) is 8.99. The molecule has 1 heterocycles. The van der Waals surface area contributed by atoms with Gasteiger partial charge in [0.2, 0.25) is 0 Å². The number of aromatic nitrogens is 2. The number of hydrogen-bond acceptors (Lipinski definition) is 6. The van der Waals surface area contributed by atoms with Gasteiger partial charge in [-0.2, -0.15) is 0 Å². The van der Waals surface area contributed by atoms with E-state index in [1.165, 1.54) is 23.4 Å². The van der Waals surface area contributed by atoms with Crippen molar-refractivity contribution in [3.8, 4) is 0 Å². The number of rotatable bonds is 4. The summed E-state index contributed by atoms with van der Waals surface area (Å²) in [6.45, 7) is 0. The number of nitrogens with one attached hydrogen (secondary N) is 1. The second-order valence-corrected chi connectivity index (χ2v) is 3.82. The van der Waals surface area contributed by atoms with Crippen LogP contribution in [-0.2, 0) is 0 Å². The van der Waals surface area contributed by atoms with Gasteiger partial charge in [0.05, 0.1) is 20.9 Å². The summed E-state index contributed by atoms with van der Waals surface area (Å²) in [5.41, 5.74) is 1.64. The number of nitro groups is 2. The molecule has 0 atom stereocenters. The maximum atomic E-state index is 10.9. The van der Waals surface area contributed by atoms with E-state index in [0.717, 1.165) is 12.1 Å². The maximum Gasteiger partial charge on any atom is 0.302 e. The zero-order chi connectivity index (χ0) is 14.0. The third-order valence-electron chi connectivity index (χ3n) is 2.21. The standard InChI is InChI=1S/C9H6ClN5O4/c10-7-3-6(14(16)17)4-8(15(18)19)9(7)12-13-2-1-11-5-13/h1-5,12H. The number of hydrogen-bond donors (Lipinski definition) is 1. The molecule has 0 bridgehead atoms. The molecule has 98 valence electrons. The average molecular weight is 284 g/mol. The highest BCUT2D eigenvalue weighted by atomic mass is 35.5. The summed E-state index contributed by atoms with van der Waals surface area (Å²) in [4.78, 5) is 23.8. The second kappa shape index (κ2) is 4.90. The minimum atomic E-state index is -0.752. The lowest BCUT2D eigenvalue weighted by Crippen LogP contribution is -2.09. The molecular weight excluding hydrogens is 278 g/mol. The van der Waals surface area contributed by atoms with Gasteiger partial charge >= 0.3 is 5.69 Å². The normalized spacial score (nSPS) is 10.2. The number of nitrogens with zero attached hydrogens (tertiary/aromatic N) is 4. The van der Waals surface area contributed by atoms with Gasteiger partial charge < -0.3 is 0 Å². The first-order valence-electron chi connectivity index (χ1n) is 4.86. The molecule has 9 nitrogen and oxygen atoms in total. The van der Waals surface area contributed by atoms with Crippen molar-refractivity contribution >= 4 is 28.7 Å². The van der Waals surface area contributed by atoms with Crippen LogP contribution in [0.25, 0.3) is 0 Å². The molecule has 0 saturated carbocycles. The highest BCUT2D eigenvalue weighted by Gasteiger charge is 2.23. The van der Waals surface area contributed by atoms with E-state index in [0.29, 0.717) is 0 Å². The molecule has 10 heteroatoms. The minimum absolute atomic E-state index is 0.0460. The van der Waals surface area contributed by atoms with Crippen LogP contribution in [-0.4, -0.2) is 19.5 Å². The smallest absolute Gasteiger partial charge is 0.286 e. The van der Waals surface area contributed by atoms with Gasteiger partial charge in [0.1, 0.15) is 6.33 Å². The van der Waals surface area contributed by atoms with E-state index in [9.17, 15) is 20.2 Å². The summed E-state index contributed by atoms with van der Waals surface area (Å²) >= 11 is 5.83. The lowest BCUT2D eigenvalue weighted by Gasteiger charge is -2.09. The molecule has 19 heavy (non-hydrogen) atoms. The number of benzene rings is 1. The molecule has 1 N–H and O–H groups in total. The van der Waals surface area contributed by atoms with Crippen LogP contribution in [0.15, 0.2) is 30.9 Å². The molecule has 1 aromatic carbocycles. The maximum absolute atomic E-state index is 10.9. The third-order valence-corrected chi connectivity index (χ3v) is 2.51. The van der Waals surface area contributed by atoms with Gasteiger partial charge in [-0.3, -0.25) is 30.3 Å². The summed E-state index contributed by atoms with van der Waals surface area (Å²) in [6.07, 6.45) is 4.32. The number of non-ortho nitro benzene ring substituents is 1. The van der Waals surface area contributed by atoms with Crippen molar-refractivity contribution < 1.29 is 9.85 Å². The van der Waals surface area contributed by atoms with Gasteiger partial charge in [-0.25, -0.2) is 4.98 Å². The predicted octanol–water partition coefficient (Wildman–Crippen LogP) is 2.23. The number of nitro benzene ring substituents is 2. The van der Waals surface area contributed by atoms with Gasteiger partial charge in [-0.1, -0.05) is 11.6 Å². The topological polar surface area (TPSA) is 116 Å². The quantitative estimate of drug-likeness (QED) is 0.679. The molecule has 0 unspecified atom stereocenters. The number of halogens is 1. The molecule has 0 fully saturated rings. The fraction of sp³-hybridized carbons (Fsp3) is 0. The Bertz CT molecular complexity index is 642. The van der Waals surface area contributed by atoms with Crippen LogP contribution >= 0.6 is 11.6 Å². The number of anilines is 1. The number of imidazole rings is 1. The van der Waals surface area contributed by atoms with Crippen LogP contribution in [0.1, 0.15) is 0 Å². The molecule has 0 amide bonds. The van der Waals surface area contributed by atoms with Crippen molar-refractivity contribution in [1.82, 2.24) is 9.66 Å². The Hall–Kier alpha value is -2.68. The van der Waals surface area contributed by atoms with Crippen molar-refractivity contribution in [2.45, 2.75) is 0 Å². The third kappa shape index (κ3) is 2.60. The highest BCUT2D eigenvalue weighted by Crippen LogP contribution is 2.36. The zero-order valence-corrected chi connectivity index (χ0v) is 9.94. The van der Waals surface area contributed by atoms with E-state index in [1.807, 2.05) is 0 Å². The summed E-state index contributed by atoms with van der Waals surface area (Å²) < 4.78 is 1.33. The molecule has 0 aliphatic rings. The lowest BCUT2D eigenvalue weighted by molar-refractivity contribution is -0.393. The summed E-state index contributed by atoms with van der Waals surface area (Å²) in [5, 5.41) is 21.5. The Kier molecular flexibility index (Phi) is 3.29. The SMILES string of the molecule is O=[N+]([O-])c1cc(Cl)c(Nn2ccnc2)c([N+](=O)[O-])c1. The second-order valence-electron chi connectivity index (χ2n) is 3.42. The predicted molar refractivity (Wildman–Crippen MR) is 66.0 cm³/mol. The Labute approximate surface area is 110 Å². The van der Waals surface area contributed by atoms with Crippen molar-refractivity contribution in [3.63, 3.8) is 0 Å². The highest BCUT2D eigenvalue weighted by molar-refractivity contribution is 6.34. The van der Waals surface area contributed by atoms with Gasteiger partial charge in [0.25, 0.3) is 5.69 Å². The Morgan fingerprint density at radius 2 is 2.00 bits per heavy atom. The molecule has 2 rings (SSSR count). The fourth-order valence-corrected chi connectivity index (χ4v) is 1.64. The van der Waals surface area contributed by atoms with Crippen LogP contribution < -0.4 is 5.43 Å². The van der Waals surface area contributed by atoms with Gasteiger partial charge in [0, 0.05) is 18.5 Å². The molecule has 0 radical (unpaired) electrons. The van der Waals surface area contributed by atoms with Gasteiger partial charge in [-0.05, 0) is 0 Å². The Morgan fingerprint density at radius 3 is 2.53 bits per heavy atom. The summed E-state index contributed by atoms with van der Waals surface area (Å²) in [7, 11) is 0. The van der Waals surface area contributed by atoms with E-state index < -0.39 is 21.2 Å². The molecule has 0 aliphatic heterocycles. The molecular formula is C9H6ClN5O4. The van der Waals surface area contributed by atoms with Crippen LogP contribution in [0.5, 0.6) is 0 Å². The van der Waals surface area contributed by atoms with E-state index in [-0.39, 0.29) is 10.7 Å². The van der Waals surface area contributed by atoms with Crippen molar-refractivity contribution in [3.05, 3.63) is 56.1 Å². The lowest BCUT2D eigenvalue weighted by atomic mass is 10.2. The average Bonchev–Trinajstić information content (AvgIpc) is 2.83. The largest absolute Gasteiger partial charge is 0.302 e. The van der Waals surface area contributed by atoms with Gasteiger partial charge in [-0.15, -0.1) is 0 Å². The summed E-state index contributed by atoms with van der Waals surface area (Å²) in [6, 6.07) is 1.87. The van der Waals surface area contributed by atoms with Crippen molar-refractivity contribution in [1.29, 1.82) is 0 Å². The van der Waals surface area contributed by atoms with E-state index in [4.69, 9.17) is 11.6 Å². The van der Waals surface area contributed by atoms with Crippen LogP contribution in [0.3, 0.4) is 0 Å². The minimum Gasteiger partial charge on any atom is -0.286 e. The van der Waals surface area contributed by atoms with Crippen LogP contribution in [0.2, 0.25) is 5.02 Å². The van der Waals surface area contributed by atoms with Crippen LogP contribution in [0, 0.1) is 20.2 Å². The molecule has 2 aromatic rings. The zero-order valence-electron chi connectivity index (χ0n) is 9.19. The first kappa shape index (κ1) is 12.8. The molecule has 0 aliphatic carbocycles. The monoisotopic (exact) mass is 283 g/mol. The summed E-state index contributed by atoms with van der Waals surface area (Å²) in [5.74, 6) is 0. The van der Waals surface area contributed by atoms with Crippen molar-refractivity contribution in [2.24, 2.45) is 0 Å². The van der Waals surface area contributed by atoms with E-state index in [2.05, 4.69) is 10.4 Å².